The van der Waals surface area contributed by atoms with Gasteiger partial charge in [0.1, 0.15) is 0 Å². The normalized spacial score (nSPS) is 11.2. The number of aryl methyl sites for hydroxylation is 1. The van der Waals surface area contributed by atoms with Crippen LogP contribution in [0, 0.1) is 0 Å². The number of ketones is 1. The van der Waals surface area contributed by atoms with E-state index in [-0.39, 0.29) is 29.9 Å². The van der Waals surface area contributed by atoms with Crippen LogP contribution < -0.4 is 5.32 Å². The summed E-state index contributed by atoms with van der Waals surface area (Å²) in [6, 6.07) is 12.1. The van der Waals surface area contributed by atoms with Crippen molar-refractivity contribution in [3.05, 3.63) is 65.5 Å². The molecule has 26 heavy (non-hydrogen) atoms. The van der Waals surface area contributed by atoms with Crippen molar-refractivity contribution >= 4 is 11.7 Å². The molecule has 0 saturated heterocycles. The van der Waals surface area contributed by atoms with Crippen molar-refractivity contribution in [2.24, 2.45) is 0 Å². The summed E-state index contributed by atoms with van der Waals surface area (Å²) in [5.74, 6) is -0.127. The minimum absolute atomic E-state index is 0.0489. The van der Waals surface area contributed by atoms with Gasteiger partial charge < -0.3 is 5.32 Å². The largest absolute Gasteiger partial charge is 0.356 e. The van der Waals surface area contributed by atoms with Crippen LogP contribution in [0.4, 0.5) is 0 Å². The fraction of sp³-hybridized carbons (Fsp3) is 0.409. The lowest BCUT2D eigenvalue weighted by molar-refractivity contribution is -0.121. The average molecular weight is 352 g/mol. The van der Waals surface area contributed by atoms with Crippen LogP contribution in [0.2, 0.25) is 0 Å². The number of aromatic nitrogens is 1. The quantitative estimate of drug-likeness (QED) is 0.575. The molecular formula is C22H28N2O2. The molecule has 0 aliphatic carbocycles. The van der Waals surface area contributed by atoms with Crippen LogP contribution in [-0.4, -0.2) is 23.2 Å². The fourth-order valence-electron chi connectivity index (χ4n) is 2.68. The molecule has 0 unspecified atom stereocenters. The summed E-state index contributed by atoms with van der Waals surface area (Å²) in [4.78, 5) is 27.7. The Morgan fingerprint density at radius 3 is 2.38 bits per heavy atom. The van der Waals surface area contributed by atoms with Crippen LogP contribution in [-0.2, 0) is 16.6 Å². The second-order valence-electron chi connectivity index (χ2n) is 7.57. The zero-order valence-corrected chi connectivity index (χ0v) is 15.9. The number of hydrogen-bond acceptors (Lipinski definition) is 3. The molecule has 1 heterocycles. The van der Waals surface area contributed by atoms with Crippen LogP contribution in [0.3, 0.4) is 0 Å². The van der Waals surface area contributed by atoms with Gasteiger partial charge in [0.15, 0.2) is 5.78 Å². The van der Waals surface area contributed by atoms with Crippen molar-refractivity contribution in [3.63, 3.8) is 0 Å². The summed E-state index contributed by atoms with van der Waals surface area (Å²) in [6.07, 6.45) is 5.40. The molecule has 1 amide bonds. The van der Waals surface area contributed by atoms with E-state index in [0.29, 0.717) is 12.1 Å². The van der Waals surface area contributed by atoms with E-state index in [9.17, 15) is 9.59 Å². The van der Waals surface area contributed by atoms with Gasteiger partial charge >= 0.3 is 0 Å². The smallest absolute Gasteiger partial charge is 0.220 e. The Bertz CT molecular complexity index is 716. The molecule has 4 nitrogen and oxygen atoms in total. The van der Waals surface area contributed by atoms with E-state index in [1.54, 1.807) is 18.3 Å². The van der Waals surface area contributed by atoms with E-state index < -0.39 is 0 Å². The SMILES string of the molecule is CC(C)(C)c1ccc(CCCNC(=O)CCC(=O)c2cccnc2)cc1. The number of amides is 1. The second kappa shape index (κ2) is 9.27. The number of carbonyl (C=O) groups excluding carboxylic acids is 2. The van der Waals surface area contributed by atoms with Crippen LogP contribution in [0.1, 0.15) is 61.5 Å². The van der Waals surface area contributed by atoms with Crippen LogP contribution in [0.25, 0.3) is 0 Å². The third-order valence-corrected chi connectivity index (χ3v) is 4.35. The molecule has 0 atom stereocenters. The Morgan fingerprint density at radius 2 is 1.77 bits per heavy atom. The molecule has 0 aliphatic heterocycles. The molecule has 2 aromatic rings. The van der Waals surface area contributed by atoms with Crippen molar-refractivity contribution in [3.8, 4) is 0 Å². The van der Waals surface area contributed by atoms with E-state index in [4.69, 9.17) is 0 Å². The Hall–Kier alpha value is -2.49. The maximum absolute atomic E-state index is 11.9. The van der Waals surface area contributed by atoms with Gasteiger partial charge in [0.05, 0.1) is 0 Å². The highest BCUT2D eigenvalue weighted by Crippen LogP contribution is 2.22. The standard InChI is InChI=1S/C22H28N2O2/c1-22(2,3)19-10-8-17(9-11-19)6-4-15-24-21(26)13-12-20(25)18-7-5-14-23-16-18/h5,7-11,14,16H,4,6,12-13,15H2,1-3H3,(H,24,26). The molecule has 0 fully saturated rings. The molecule has 0 aliphatic rings. The third kappa shape index (κ3) is 6.43. The topological polar surface area (TPSA) is 59.1 Å². The first-order valence-electron chi connectivity index (χ1n) is 9.15. The number of rotatable bonds is 8. The summed E-state index contributed by atoms with van der Waals surface area (Å²) in [7, 11) is 0. The zero-order chi connectivity index (χ0) is 19.0. The fourth-order valence-corrected chi connectivity index (χ4v) is 2.68. The number of nitrogens with one attached hydrogen (secondary N) is 1. The molecule has 1 aromatic heterocycles. The summed E-state index contributed by atoms with van der Waals surface area (Å²) < 4.78 is 0. The van der Waals surface area contributed by atoms with E-state index in [0.717, 1.165) is 12.8 Å². The maximum Gasteiger partial charge on any atom is 0.220 e. The monoisotopic (exact) mass is 352 g/mol. The number of pyridine rings is 1. The van der Waals surface area contributed by atoms with Gasteiger partial charge in [-0.15, -0.1) is 0 Å². The van der Waals surface area contributed by atoms with Crippen LogP contribution >= 0.6 is 0 Å². The van der Waals surface area contributed by atoms with E-state index in [1.807, 2.05) is 0 Å². The van der Waals surface area contributed by atoms with Crippen LogP contribution in [0.15, 0.2) is 48.8 Å². The van der Waals surface area contributed by atoms with Crippen molar-refractivity contribution in [2.75, 3.05) is 6.54 Å². The average Bonchev–Trinajstić information content (AvgIpc) is 2.63. The molecule has 1 N–H and O–H groups in total. The lowest BCUT2D eigenvalue weighted by Crippen LogP contribution is -2.25. The van der Waals surface area contributed by atoms with E-state index in [2.05, 4.69) is 55.3 Å². The van der Waals surface area contributed by atoms with Crippen molar-refractivity contribution < 1.29 is 9.59 Å². The maximum atomic E-state index is 11.9. The molecule has 2 rings (SSSR count). The molecular weight excluding hydrogens is 324 g/mol. The summed E-state index contributed by atoms with van der Waals surface area (Å²) in [6.45, 7) is 7.24. The first-order chi connectivity index (χ1) is 12.4. The van der Waals surface area contributed by atoms with Gasteiger partial charge in [0.25, 0.3) is 0 Å². The number of Topliss-reactive ketones (excluding diaryl/α,β-unsaturated/α-hetero) is 1. The summed E-state index contributed by atoms with van der Waals surface area (Å²) in [5.41, 5.74) is 3.32. The molecule has 0 spiro atoms. The van der Waals surface area contributed by atoms with Crippen LogP contribution in [0.5, 0.6) is 0 Å². The lowest BCUT2D eigenvalue weighted by Gasteiger charge is -2.19. The Morgan fingerprint density at radius 1 is 1.04 bits per heavy atom. The molecule has 1 aromatic carbocycles. The molecule has 0 saturated carbocycles. The molecule has 4 heteroatoms. The molecule has 138 valence electrons. The lowest BCUT2D eigenvalue weighted by atomic mass is 9.86. The van der Waals surface area contributed by atoms with Gasteiger partial charge in [-0.1, -0.05) is 45.0 Å². The Kier molecular flexibility index (Phi) is 7.07. The minimum atomic E-state index is -0.0784. The number of carbonyl (C=O) groups is 2. The Balaban J connectivity index is 1.65. The van der Waals surface area contributed by atoms with Gasteiger partial charge in [-0.3, -0.25) is 14.6 Å². The van der Waals surface area contributed by atoms with Gasteiger partial charge in [-0.25, -0.2) is 0 Å². The predicted molar refractivity (Wildman–Crippen MR) is 104 cm³/mol. The molecule has 0 radical (unpaired) electrons. The highest BCUT2D eigenvalue weighted by atomic mass is 16.2. The highest BCUT2D eigenvalue weighted by molar-refractivity contribution is 5.97. The van der Waals surface area contributed by atoms with E-state index >= 15 is 0 Å². The van der Waals surface area contributed by atoms with E-state index in [1.165, 1.54) is 17.3 Å². The number of hydrogen-bond donors (Lipinski definition) is 1. The first kappa shape index (κ1) is 19.8. The third-order valence-electron chi connectivity index (χ3n) is 4.35. The number of benzene rings is 1. The molecule has 0 bridgehead atoms. The summed E-state index contributed by atoms with van der Waals surface area (Å²) in [5, 5.41) is 2.89. The van der Waals surface area contributed by atoms with Gasteiger partial charge in [0.2, 0.25) is 5.91 Å². The van der Waals surface area contributed by atoms with Crippen molar-refractivity contribution in [1.29, 1.82) is 0 Å². The zero-order valence-electron chi connectivity index (χ0n) is 15.9. The summed E-state index contributed by atoms with van der Waals surface area (Å²) >= 11 is 0. The van der Waals surface area contributed by atoms with Gasteiger partial charge in [0, 0.05) is 37.3 Å². The first-order valence-corrected chi connectivity index (χ1v) is 9.15. The second-order valence-corrected chi connectivity index (χ2v) is 7.57. The highest BCUT2D eigenvalue weighted by Gasteiger charge is 2.12. The van der Waals surface area contributed by atoms with Gasteiger partial charge in [-0.2, -0.15) is 0 Å². The minimum Gasteiger partial charge on any atom is -0.356 e. The van der Waals surface area contributed by atoms with Crippen molar-refractivity contribution in [2.45, 2.75) is 51.9 Å². The Labute approximate surface area is 156 Å². The number of nitrogens with zero attached hydrogens (tertiary/aromatic N) is 1. The van der Waals surface area contributed by atoms with Gasteiger partial charge in [-0.05, 0) is 41.5 Å². The van der Waals surface area contributed by atoms with Crippen molar-refractivity contribution in [1.82, 2.24) is 10.3 Å². The predicted octanol–water partition coefficient (Wildman–Crippen LogP) is 4.09.